The van der Waals surface area contributed by atoms with E-state index in [0.717, 1.165) is 12.0 Å². The fourth-order valence-electron chi connectivity index (χ4n) is 2.39. The van der Waals surface area contributed by atoms with Gasteiger partial charge in [-0.05, 0) is 24.0 Å². The Morgan fingerprint density at radius 1 is 1.53 bits per heavy atom. The molecule has 1 heterocycles. The van der Waals surface area contributed by atoms with Gasteiger partial charge in [-0.2, -0.15) is 0 Å². The predicted octanol–water partition coefficient (Wildman–Crippen LogP) is 1.62. The summed E-state index contributed by atoms with van der Waals surface area (Å²) in [6, 6.07) is 7.67. The van der Waals surface area contributed by atoms with E-state index in [1.807, 2.05) is 18.2 Å². The lowest BCUT2D eigenvalue weighted by Gasteiger charge is -2.26. The minimum Gasteiger partial charge on any atom is -0.385 e. The molecule has 2 rings (SSSR count). The van der Waals surface area contributed by atoms with Crippen molar-refractivity contribution in [2.45, 2.75) is 31.4 Å². The van der Waals surface area contributed by atoms with E-state index in [1.165, 1.54) is 5.56 Å². The van der Waals surface area contributed by atoms with Crippen LogP contribution in [0.5, 0.6) is 0 Å². The van der Waals surface area contributed by atoms with Gasteiger partial charge in [0, 0.05) is 20.1 Å². The van der Waals surface area contributed by atoms with Gasteiger partial charge in [0.05, 0.1) is 18.8 Å². The van der Waals surface area contributed by atoms with Crippen LogP contribution in [0.4, 0.5) is 0 Å². The highest BCUT2D eigenvalue weighted by atomic mass is 16.5. The Hall–Kier alpha value is -1.23. The molecule has 1 aliphatic heterocycles. The molecular formula is C15H21NO3. The topological polar surface area (TPSA) is 61.5 Å². The SMILES string of the molecule is COCCC(N)C(=O)CC1OCCc2ccccc21. The van der Waals surface area contributed by atoms with Gasteiger partial charge in [0.15, 0.2) is 5.78 Å². The molecule has 4 nitrogen and oxygen atoms in total. The third-order valence-electron chi connectivity index (χ3n) is 3.53. The van der Waals surface area contributed by atoms with Crippen molar-refractivity contribution < 1.29 is 14.3 Å². The van der Waals surface area contributed by atoms with Crippen molar-refractivity contribution in [1.29, 1.82) is 0 Å². The molecule has 0 bridgehead atoms. The van der Waals surface area contributed by atoms with Gasteiger partial charge in [-0.3, -0.25) is 4.79 Å². The molecular weight excluding hydrogens is 242 g/mol. The summed E-state index contributed by atoms with van der Waals surface area (Å²) in [5.74, 6) is 0.0405. The molecule has 0 fully saturated rings. The van der Waals surface area contributed by atoms with Crippen LogP contribution in [0.1, 0.15) is 30.1 Å². The zero-order chi connectivity index (χ0) is 13.7. The van der Waals surface area contributed by atoms with Gasteiger partial charge in [0.2, 0.25) is 0 Å². The predicted molar refractivity (Wildman–Crippen MR) is 72.9 cm³/mol. The summed E-state index contributed by atoms with van der Waals surface area (Å²) < 4.78 is 10.7. The highest BCUT2D eigenvalue weighted by Gasteiger charge is 2.25. The average molecular weight is 263 g/mol. The Labute approximate surface area is 113 Å². The number of carbonyl (C=O) groups excluding carboxylic acids is 1. The number of rotatable bonds is 6. The summed E-state index contributed by atoms with van der Waals surface area (Å²) in [4.78, 5) is 12.1. The molecule has 2 N–H and O–H groups in total. The van der Waals surface area contributed by atoms with Crippen LogP contribution in [-0.2, 0) is 20.7 Å². The average Bonchev–Trinajstić information content (AvgIpc) is 2.45. The molecule has 4 heteroatoms. The van der Waals surface area contributed by atoms with Gasteiger partial charge in [0.1, 0.15) is 0 Å². The number of methoxy groups -OCH3 is 1. The van der Waals surface area contributed by atoms with Crippen LogP contribution in [0.2, 0.25) is 0 Å². The molecule has 2 atom stereocenters. The van der Waals surface area contributed by atoms with Crippen LogP contribution in [0.25, 0.3) is 0 Å². The van der Waals surface area contributed by atoms with E-state index >= 15 is 0 Å². The number of hydrogen-bond acceptors (Lipinski definition) is 4. The van der Waals surface area contributed by atoms with E-state index in [-0.39, 0.29) is 11.9 Å². The number of ether oxygens (including phenoxy) is 2. The zero-order valence-corrected chi connectivity index (χ0v) is 11.3. The van der Waals surface area contributed by atoms with Gasteiger partial charge in [-0.25, -0.2) is 0 Å². The van der Waals surface area contributed by atoms with Crippen LogP contribution in [0, 0.1) is 0 Å². The highest BCUT2D eigenvalue weighted by molar-refractivity contribution is 5.84. The van der Waals surface area contributed by atoms with Gasteiger partial charge >= 0.3 is 0 Å². The second-order valence-corrected chi connectivity index (χ2v) is 4.87. The number of benzene rings is 1. The van der Waals surface area contributed by atoms with E-state index in [4.69, 9.17) is 15.2 Å². The summed E-state index contributed by atoms with van der Waals surface area (Å²) in [6.45, 7) is 1.18. The zero-order valence-electron chi connectivity index (χ0n) is 11.3. The fourth-order valence-corrected chi connectivity index (χ4v) is 2.39. The van der Waals surface area contributed by atoms with Crippen LogP contribution in [-0.4, -0.2) is 32.1 Å². The fraction of sp³-hybridized carbons (Fsp3) is 0.533. The summed E-state index contributed by atoms with van der Waals surface area (Å²) in [5.41, 5.74) is 8.26. The first-order chi connectivity index (χ1) is 9.22. The summed E-state index contributed by atoms with van der Waals surface area (Å²) in [5, 5.41) is 0. The van der Waals surface area contributed by atoms with E-state index in [2.05, 4.69) is 6.07 Å². The molecule has 0 spiro atoms. The highest BCUT2D eigenvalue weighted by Crippen LogP contribution is 2.29. The number of nitrogens with two attached hydrogens (primary N) is 1. The van der Waals surface area contributed by atoms with Gasteiger partial charge in [-0.1, -0.05) is 24.3 Å². The molecule has 1 aromatic carbocycles. The minimum absolute atomic E-state index is 0.0405. The largest absolute Gasteiger partial charge is 0.385 e. The smallest absolute Gasteiger partial charge is 0.152 e. The lowest BCUT2D eigenvalue weighted by atomic mass is 9.93. The van der Waals surface area contributed by atoms with Crippen molar-refractivity contribution >= 4 is 5.78 Å². The third-order valence-corrected chi connectivity index (χ3v) is 3.53. The monoisotopic (exact) mass is 263 g/mol. The Bertz CT molecular complexity index is 433. The second-order valence-electron chi connectivity index (χ2n) is 4.87. The number of fused-ring (bicyclic) bond motifs is 1. The van der Waals surface area contributed by atoms with Crippen molar-refractivity contribution in [1.82, 2.24) is 0 Å². The number of Topliss-reactive ketones (excluding diaryl/α,β-unsaturated/α-hetero) is 1. The lowest BCUT2D eigenvalue weighted by Crippen LogP contribution is -2.33. The molecule has 0 saturated heterocycles. The van der Waals surface area contributed by atoms with E-state index in [9.17, 15) is 4.79 Å². The molecule has 0 amide bonds. The van der Waals surface area contributed by atoms with Gasteiger partial charge in [-0.15, -0.1) is 0 Å². The second kappa shape index (κ2) is 6.80. The van der Waals surface area contributed by atoms with Crippen LogP contribution in [0.3, 0.4) is 0 Å². The van der Waals surface area contributed by atoms with Crippen molar-refractivity contribution in [3.8, 4) is 0 Å². The van der Waals surface area contributed by atoms with Crippen LogP contribution in [0.15, 0.2) is 24.3 Å². The number of ketones is 1. The van der Waals surface area contributed by atoms with Crippen LogP contribution < -0.4 is 5.73 Å². The molecule has 0 saturated carbocycles. The minimum atomic E-state index is -0.461. The normalized spacial score (nSPS) is 19.8. The van der Waals surface area contributed by atoms with E-state index < -0.39 is 6.04 Å². The molecule has 1 aromatic rings. The Kier molecular flexibility index (Phi) is 5.07. The molecule has 1 aliphatic rings. The maximum absolute atomic E-state index is 12.1. The first-order valence-electron chi connectivity index (χ1n) is 6.69. The summed E-state index contributed by atoms with van der Waals surface area (Å²) >= 11 is 0. The van der Waals surface area contributed by atoms with Gasteiger partial charge < -0.3 is 15.2 Å². The molecule has 0 radical (unpaired) electrons. The quantitative estimate of drug-likeness (QED) is 0.847. The third kappa shape index (κ3) is 3.62. The first-order valence-corrected chi connectivity index (χ1v) is 6.69. The summed E-state index contributed by atoms with van der Waals surface area (Å²) in [6.07, 6.45) is 1.67. The standard InChI is InChI=1S/C15H21NO3/c1-18-8-7-13(16)14(17)10-15-12-5-3-2-4-11(12)6-9-19-15/h2-5,13,15H,6-10,16H2,1H3. The maximum atomic E-state index is 12.1. The van der Waals surface area contributed by atoms with Crippen LogP contribution >= 0.6 is 0 Å². The van der Waals surface area contributed by atoms with Gasteiger partial charge in [0.25, 0.3) is 0 Å². The van der Waals surface area contributed by atoms with Crippen molar-refractivity contribution in [3.05, 3.63) is 35.4 Å². The Morgan fingerprint density at radius 3 is 3.11 bits per heavy atom. The molecule has 104 valence electrons. The van der Waals surface area contributed by atoms with Crippen molar-refractivity contribution in [2.24, 2.45) is 5.73 Å². The van der Waals surface area contributed by atoms with E-state index in [1.54, 1.807) is 7.11 Å². The summed E-state index contributed by atoms with van der Waals surface area (Å²) in [7, 11) is 1.61. The maximum Gasteiger partial charge on any atom is 0.152 e. The van der Waals surface area contributed by atoms with Crippen molar-refractivity contribution in [3.63, 3.8) is 0 Å². The first kappa shape index (κ1) is 14.2. The molecule has 2 unspecified atom stereocenters. The Morgan fingerprint density at radius 2 is 2.32 bits per heavy atom. The molecule has 19 heavy (non-hydrogen) atoms. The number of carbonyl (C=O) groups is 1. The lowest BCUT2D eigenvalue weighted by molar-refractivity contribution is -0.124. The molecule has 0 aromatic heterocycles. The Balaban J connectivity index is 1.98. The van der Waals surface area contributed by atoms with E-state index in [0.29, 0.717) is 26.1 Å². The van der Waals surface area contributed by atoms with Crippen molar-refractivity contribution in [2.75, 3.05) is 20.3 Å². The molecule has 0 aliphatic carbocycles. The number of hydrogen-bond donors (Lipinski definition) is 1.